The maximum Gasteiger partial charge on any atom is 0.325 e. The second-order valence-electron chi connectivity index (χ2n) is 5.38. The molecule has 1 aliphatic rings. The Morgan fingerprint density at radius 2 is 2.05 bits per heavy atom. The van der Waals surface area contributed by atoms with E-state index in [9.17, 15) is 9.59 Å². The van der Waals surface area contributed by atoms with E-state index >= 15 is 0 Å². The highest BCUT2D eigenvalue weighted by Gasteiger charge is 2.39. The van der Waals surface area contributed by atoms with Crippen LogP contribution in [0.15, 0.2) is 24.3 Å². The highest BCUT2D eigenvalue weighted by molar-refractivity contribution is 5.91. The van der Waals surface area contributed by atoms with Gasteiger partial charge in [0.1, 0.15) is 6.04 Å². The molecule has 19 heavy (non-hydrogen) atoms. The summed E-state index contributed by atoms with van der Waals surface area (Å²) in [6.07, 6.45) is 2.68. The van der Waals surface area contributed by atoms with Crippen molar-refractivity contribution in [2.75, 3.05) is 0 Å². The zero-order chi connectivity index (χ0) is 14.0. The van der Waals surface area contributed by atoms with Crippen molar-refractivity contribution in [1.82, 2.24) is 5.32 Å². The smallest absolute Gasteiger partial charge is 0.325 e. The molecule has 4 heteroatoms. The van der Waals surface area contributed by atoms with Gasteiger partial charge in [-0.2, -0.15) is 0 Å². The first-order valence-corrected chi connectivity index (χ1v) is 6.57. The lowest BCUT2D eigenvalue weighted by Crippen LogP contribution is -2.49. The van der Waals surface area contributed by atoms with E-state index in [2.05, 4.69) is 5.32 Å². The van der Waals surface area contributed by atoms with Gasteiger partial charge >= 0.3 is 5.97 Å². The molecule has 2 rings (SSSR count). The van der Waals surface area contributed by atoms with Gasteiger partial charge in [-0.3, -0.25) is 9.59 Å². The topological polar surface area (TPSA) is 66.4 Å². The number of hydrogen-bond acceptors (Lipinski definition) is 2. The average molecular weight is 261 g/mol. The highest BCUT2D eigenvalue weighted by atomic mass is 16.4. The fourth-order valence-electron chi connectivity index (χ4n) is 2.70. The number of benzene rings is 1. The van der Waals surface area contributed by atoms with Crippen LogP contribution in [0.5, 0.6) is 0 Å². The normalized spacial score (nSPS) is 23.3. The summed E-state index contributed by atoms with van der Waals surface area (Å²) in [5, 5.41) is 11.5. The number of carbonyl (C=O) groups excluding carboxylic acids is 1. The molecule has 2 atom stereocenters. The molecule has 0 radical (unpaired) electrons. The van der Waals surface area contributed by atoms with Gasteiger partial charge in [0, 0.05) is 0 Å². The van der Waals surface area contributed by atoms with Crippen LogP contribution in [0.2, 0.25) is 0 Å². The number of nitrogens with one attached hydrogen (secondary N) is 1. The maximum atomic E-state index is 12.4. The summed E-state index contributed by atoms with van der Waals surface area (Å²) in [7, 11) is 0. The number of aryl methyl sites for hydroxylation is 1. The lowest BCUT2D eigenvalue weighted by atomic mass is 9.70. The van der Waals surface area contributed by atoms with E-state index in [1.54, 1.807) is 0 Å². The molecule has 0 aromatic heterocycles. The quantitative estimate of drug-likeness (QED) is 0.873. The van der Waals surface area contributed by atoms with Crippen LogP contribution in [0.25, 0.3) is 0 Å². The van der Waals surface area contributed by atoms with Crippen LogP contribution >= 0.6 is 0 Å². The summed E-state index contributed by atoms with van der Waals surface area (Å²) in [6, 6.07) is 7.05. The number of rotatable bonds is 3. The summed E-state index contributed by atoms with van der Waals surface area (Å²) in [5.41, 5.74) is 1.59. The van der Waals surface area contributed by atoms with Crippen LogP contribution in [0.4, 0.5) is 0 Å². The summed E-state index contributed by atoms with van der Waals surface area (Å²) in [4.78, 5) is 23.3. The molecule has 1 amide bonds. The van der Waals surface area contributed by atoms with Gasteiger partial charge in [-0.15, -0.1) is 0 Å². The minimum Gasteiger partial charge on any atom is -0.480 e. The van der Waals surface area contributed by atoms with E-state index in [4.69, 9.17) is 5.11 Å². The fraction of sp³-hybridized carbons (Fsp3) is 0.467. The van der Waals surface area contributed by atoms with E-state index in [1.165, 1.54) is 12.5 Å². The highest BCUT2D eigenvalue weighted by Crippen LogP contribution is 2.37. The molecule has 1 unspecified atom stereocenters. The van der Waals surface area contributed by atoms with Crippen LogP contribution in [-0.4, -0.2) is 23.0 Å². The Morgan fingerprint density at radius 3 is 2.74 bits per heavy atom. The van der Waals surface area contributed by atoms with Crippen LogP contribution in [0.3, 0.4) is 0 Å². The minimum atomic E-state index is -1.01. The van der Waals surface area contributed by atoms with Crippen molar-refractivity contribution in [2.24, 2.45) is 0 Å². The van der Waals surface area contributed by atoms with Crippen LogP contribution in [0, 0.1) is 0 Å². The predicted octanol–water partition coefficient (Wildman–Crippen LogP) is 1.87. The summed E-state index contributed by atoms with van der Waals surface area (Å²) in [5.74, 6) is -1.21. The molecule has 0 aliphatic heterocycles. The van der Waals surface area contributed by atoms with Gasteiger partial charge in [-0.05, 0) is 44.2 Å². The Morgan fingerprint density at radius 1 is 1.37 bits per heavy atom. The third-order valence-corrected chi connectivity index (χ3v) is 3.95. The molecule has 0 fully saturated rings. The van der Waals surface area contributed by atoms with Crippen molar-refractivity contribution in [3.8, 4) is 0 Å². The van der Waals surface area contributed by atoms with Crippen molar-refractivity contribution in [2.45, 2.75) is 44.6 Å². The van der Waals surface area contributed by atoms with E-state index < -0.39 is 17.4 Å². The van der Waals surface area contributed by atoms with Crippen LogP contribution in [0.1, 0.15) is 37.8 Å². The van der Waals surface area contributed by atoms with Gasteiger partial charge in [-0.1, -0.05) is 24.3 Å². The van der Waals surface area contributed by atoms with Gasteiger partial charge in [0.25, 0.3) is 0 Å². The monoisotopic (exact) mass is 261 g/mol. The maximum absolute atomic E-state index is 12.4. The number of amides is 1. The third-order valence-electron chi connectivity index (χ3n) is 3.95. The summed E-state index contributed by atoms with van der Waals surface area (Å²) in [6.45, 7) is 3.38. The molecular weight excluding hydrogens is 242 g/mol. The lowest BCUT2D eigenvalue weighted by molar-refractivity contribution is -0.142. The Bertz CT molecular complexity index is 512. The van der Waals surface area contributed by atoms with Crippen molar-refractivity contribution in [3.05, 3.63) is 35.4 Å². The zero-order valence-corrected chi connectivity index (χ0v) is 11.3. The first kappa shape index (κ1) is 13.6. The molecule has 0 bridgehead atoms. The average Bonchev–Trinajstić information content (AvgIpc) is 2.39. The number of aliphatic carboxylic acids is 1. The standard InChI is InChI=1S/C15H19NO3/c1-10(13(17)18)16-14(19)15(2)9-5-7-11-6-3-4-8-12(11)15/h3-4,6,8,10H,5,7,9H2,1-2H3,(H,16,19)(H,17,18)/t10-,15?/m0/s1. The van der Waals surface area contributed by atoms with E-state index in [1.807, 2.05) is 31.2 Å². The Balaban J connectivity index is 2.28. The summed E-state index contributed by atoms with van der Waals surface area (Å²) >= 11 is 0. The van der Waals surface area contributed by atoms with Gasteiger partial charge in [-0.25, -0.2) is 0 Å². The van der Waals surface area contributed by atoms with Crippen molar-refractivity contribution in [3.63, 3.8) is 0 Å². The number of carboxylic acids is 1. The van der Waals surface area contributed by atoms with Crippen LogP contribution < -0.4 is 5.32 Å². The van der Waals surface area contributed by atoms with Crippen molar-refractivity contribution in [1.29, 1.82) is 0 Å². The molecule has 2 N–H and O–H groups in total. The number of carboxylic acid groups (broad SMARTS) is 1. The number of carbonyl (C=O) groups is 2. The molecule has 0 saturated heterocycles. The molecular formula is C15H19NO3. The molecule has 0 saturated carbocycles. The largest absolute Gasteiger partial charge is 0.480 e. The van der Waals surface area contributed by atoms with Crippen molar-refractivity contribution >= 4 is 11.9 Å². The predicted molar refractivity (Wildman–Crippen MR) is 72.0 cm³/mol. The lowest BCUT2D eigenvalue weighted by Gasteiger charge is -2.35. The molecule has 0 heterocycles. The zero-order valence-electron chi connectivity index (χ0n) is 11.3. The third kappa shape index (κ3) is 2.48. The first-order valence-electron chi connectivity index (χ1n) is 6.57. The fourth-order valence-corrected chi connectivity index (χ4v) is 2.70. The minimum absolute atomic E-state index is 0.199. The van der Waals surface area contributed by atoms with Crippen LogP contribution in [-0.2, 0) is 21.4 Å². The van der Waals surface area contributed by atoms with E-state index in [0.29, 0.717) is 0 Å². The molecule has 1 aromatic rings. The van der Waals surface area contributed by atoms with Gasteiger partial charge in [0.05, 0.1) is 5.41 Å². The Labute approximate surface area is 112 Å². The number of hydrogen-bond donors (Lipinski definition) is 2. The molecule has 1 aromatic carbocycles. The van der Waals surface area contributed by atoms with Gasteiger partial charge < -0.3 is 10.4 Å². The van der Waals surface area contributed by atoms with Crippen molar-refractivity contribution < 1.29 is 14.7 Å². The molecule has 0 spiro atoms. The second kappa shape index (κ2) is 5.03. The Kier molecular flexibility index (Phi) is 3.60. The first-order chi connectivity index (χ1) is 8.95. The molecule has 102 valence electrons. The molecule has 1 aliphatic carbocycles. The SMILES string of the molecule is C[C@H](NC(=O)C1(C)CCCc2ccccc21)C(=O)O. The Hall–Kier alpha value is -1.84. The number of fused-ring (bicyclic) bond motifs is 1. The van der Waals surface area contributed by atoms with Gasteiger partial charge in [0.15, 0.2) is 0 Å². The van der Waals surface area contributed by atoms with Gasteiger partial charge in [0.2, 0.25) is 5.91 Å². The van der Waals surface area contributed by atoms with E-state index in [-0.39, 0.29) is 5.91 Å². The second-order valence-corrected chi connectivity index (χ2v) is 5.38. The van der Waals surface area contributed by atoms with E-state index in [0.717, 1.165) is 24.8 Å². The molecule has 4 nitrogen and oxygen atoms in total. The summed E-state index contributed by atoms with van der Waals surface area (Å²) < 4.78 is 0.